The molecule has 0 aromatic heterocycles. The van der Waals surface area contributed by atoms with Crippen LogP contribution in [0.2, 0.25) is 0 Å². The zero-order chi connectivity index (χ0) is 19.6. The van der Waals surface area contributed by atoms with Crippen LogP contribution < -0.4 is 5.32 Å². The first-order valence-electron chi connectivity index (χ1n) is 8.06. The highest BCUT2D eigenvalue weighted by Crippen LogP contribution is 2.26. The van der Waals surface area contributed by atoms with Gasteiger partial charge in [0.05, 0.1) is 11.3 Å². The Morgan fingerprint density at radius 1 is 1.11 bits per heavy atom. The summed E-state index contributed by atoms with van der Waals surface area (Å²) < 4.78 is 15.6. The van der Waals surface area contributed by atoms with Crippen LogP contribution in [0.1, 0.15) is 22.8 Å². The highest BCUT2D eigenvalue weighted by molar-refractivity contribution is 9.10. The number of halogens is 2. The van der Waals surface area contributed by atoms with Crippen LogP contribution in [0, 0.1) is 5.82 Å². The predicted molar refractivity (Wildman–Crippen MR) is 107 cm³/mol. The summed E-state index contributed by atoms with van der Waals surface area (Å²) in [6.07, 6.45) is 1.44. The molecule has 0 saturated carbocycles. The molecule has 27 heavy (non-hydrogen) atoms. The lowest BCUT2D eigenvalue weighted by molar-refractivity contribution is -0.112. The normalized spacial score (nSPS) is 11.4. The number of nitrogens with one attached hydrogen (secondary N) is 1. The number of rotatable bonds is 4. The minimum Gasteiger partial charge on any atom is -0.478 e. The molecular weight excluding hydrogens is 413 g/mol. The molecule has 0 unspecified atom stereocenters. The lowest BCUT2D eigenvalue weighted by Gasteiger charge is -2.09. The van der Waals surface area contributed by atoms with Crippen molar-refractivity contribution in [1.29, 1.82) is 0 Å². The Morgan fingerprint density at radius 2 is 1.85 bits per heavy atom. The Kier molecular flexibility index (Phi) is 5.37. The molecule has 0 atom stereocenters. The molecule has 3 aromatic carbocycles. The predicted octanol–water partition coefficient (Wildman–Crippen LogP) is 5.48. The van der Waals surface area contributed by atoms with Gasteiger partial charge in [-0.25, -0.2) is 9.18 Å². The van der Waals surface area contributed by atoms with Gasteiger partial charge in [0.25, 0.3) is 5.91 Å². The van der Waals surface area contributed by atoms with Crippen LogP contribution in [0.3, 0.4) is 0 Å². The Balaban J connectivity index is 1.90. The number of benzene rings is 3. The SMILES string of the molecule is C/C(=C\c1ccc2cc(Br)ccc2c1F)C(=O)Nc1ccccc1C(=O)O. The van der Waals surface area contributed by atoms with E-state index < -0.39 is 17.7 Å². The minimum absolute atomic E-state index is 0.0129. The second kappa shape index (κ2) is 7.72. The summed E-state index contributed by atoms with van der Waals surface area (Å²) in [4.78, 5) is 23.6. The second-order valence-corrected chi connectivity index (χ2v) is 6.88. The largest absolute Gasteiger partial charge is 0.478 e. The summed E-state index contributed by atoms with van der Waals surface area (Å²) in [6.45, 7) is 1.55. The van der Waals surface area contributed by atoms with Crippen molar-refractivity contribution in [3.8, 4) is 0 Å². The third-order valence-corrected chi connectivity index (χ3v) is 4.58. The number of carbonyl (C=O) groups is 2. The number of carboxylic acid groups (broad SMARTS) is 1. The van der Waals surface area contributed by atoms with Crippen LogP contribution in [0.25, 0.3) is 16.8 Å². The Morgan fingerprint density at radius 3 is 2.59 bits per heavy atom. The quantitative estimate of drug-likeness (QED) is 0.541. The van der Waals surface area contributed by atoms with Crippen LogP contribution in [-0.2, 0) is 4.79 Å². The topological polar surface area (TPSA) is 66.4 Å². The lowest BCUT2D eigenvalue weighted by Crippen LogP contribution is -2.15. The monoisotopic (exact) mass is 427 g/mol. The second-order valence-electron chi connectivity index (χ2n) is 5.97. The van der Waals surface area contributed by atoms with Gasteiger partial charge >= 0.3 is 5.97 Å². The maximum Gasteiger partial charge on any atom is 0.337 e. The average Bonchev–Trinajstić information content (AvgIpc) is 2.64. The molecule has 0 heterocycles. The number of hydrogen-bond donors (Lipinski definition) is 2. The summed E-state index contributed by atoms with van der Waals surface area (Å²) in [7, 11) is 0. The maximum absolute atomic E-state index is 14.8. The Bertz CT molecular complexity index is 1090. The van der Waals surface area contributed by atoms with Crippen molar-refractivity contribution in [2.75, 3.05) is 5.32 Å². The van der Waals surface area contributed by atoms with Crippen molar-refractivity contribution >= 4 is 50.3 Å². The van der Waals surface area contributed by atoms with Gasteiger partial charge in [0.1, 0.15) is 5.82 Å². The maximum atomic E-state index is 14.8. The van der Waals surface area contributed by atoms with Crippen LogP contribution in [0.15, 0.2) is 64.6 Å². The molecular formula is C21H15BrFNO3. The number of hydrogen-bond acceptors (Lipinski definition) is 2. The van der Waals surface area contributed by atoms with E-state index in [0.717, 1.165) is 9.86 Å². The average molecular weight is 428 g/mol. The van der Waals surface area contributed by atoms with Crippen molar-refractivity contribution < 1.29 is 19.1 Å². The Labute approximate surface area is 163 Å². The summed E-state index contributed by atoms with van der Waals surface area (Å²) in [5, 5.41) is 13.0. The molecule has 3 rings (SSSR count). The summed E-state index contributed by atoms with van der Waals surface area (Å²) in [5.41, 5.74) is 0.710. The van der Waals surface area contributed by atoms with Gasteiger partial charge in [-0.05, 0) is 42.7 Å². The van der Waals surface area contributed by atoms with E-state index in [2.05, 4.69) is 21.2 Å². The van der Waals surface area contributed by atoms with Gasteiger partial charge in [-0.2, -0.15) is 0 Å². The van der Waals surface area contributed by atoms with E-state index in [-0.39, 0.29) is 22.4 Å². The first-order chi connectivity index (χ1) is 12.9. The first kappa shape index (κ1) is 18.8. The number of fused-ring (bicyclic) bond motifs is 1. The van der Waals surface area contributed by atoms with E-state index >= 15 is 0 Å². The number of aromatic carboxylic acids is 1. The van der Waals surface area contributed by atoms with Crippen molar-refractivity contribution in [3.63, 3.8) is 0 Å². The van der Waals surface area contributed by atoms with E-state index in [0.29, 0.717) is 5.39 Å². The highest BCUT2D eigenvalue weighted by atomic mass is 79.9. The smallest absolute Gasteiger partial charge is 0.337 e. The third kappa shape index (κ3) is 4.06. The molecule has 0 radical (unpaired) electrons. The van der Waals surface area contributed by atoms with Crippen LogP contribution >= 0.6 is 15.9 Å². The molecule has 3 aromatic rings. The molecule has 0 saturated heterocycles. The van der Waals surface area contributed by atoms with E-state index in [1.807, 2.05) is 6.07 Å². The fraction of sp³-hybridized carbons (Fsp3) is 0.0476. The molecule has 136 valence electrons. The Hall–Kier alpha value is -2.99. The highest BCUT2D eigenvalue weighted by Gasteiger charge is 2.13. The molecule has 0 bridgehead atoms. The molecule has 1 amide bonds. The van der Waals surface area contributed by atoms with E-state index in [1.54, 1.807) is 43.3 Å². The zero-order valence-electron chi connectivity index (χ0n) is 14.3. The van der Waals surface area contributed by atoms with E-state index in [9.17, 15) is 19.1 Å². The molecule has 0 aliphatic heterocycles. The summed E-state index contributed by atoms with van der Waals surface area (Å²) in [5.74, 6) is -2.06. The zero-order valence-corrected chi connectivity index (χ0v) is 15.9. The molecule has 2 N–H and O–H groups in total. The minimum atomic E-state index is -1.14. The molecule has 0 spiro atoms. The summed E-state index contributed by atoms with van der Waals surface area (Å²) in [6, 6.07) is 14.7. The number of amides is 1. The van der Waals surface area contributed by atoms with Crippen LogP contribution in [-0.4, -0.2) is 17.0 Å². The molecule has 4 nitrogen and oxygen atoms in total. The van der Waals surface area contributed by atoms with Gasteiger partial charge in [-0.15, -0.1) is 0 Å². The number of carboxylic acids is 1. The summed E-state index contributed by atoms with van der Waals surface area (Å²) >= 11 is 3.35. The van der Waals surface area contributed by atoms with Gasteiger partial charge in [-0.3, -0.25) is 4.79 Å². The van der Waals surface area contributed by atoms with Gasteiger partial charge in [0.15, 0.2) is 0 Å². The number of carbonyl (C=O) groups excluding carboxylic acids is 1. The first-order valence-corrected chi connectivity index (χ1v) is 8.86. The number of para-hydroxylation sites is 1. The lowest BCUT2D eigenvalue weighted by atomic mass is 10.0. The van der Waals surface area contributed by atoms with Crippen molar-refractivity contribution in [2.24, 2.45) is 0 Å². The van der Waals surface area contributed by atoms with Crippen molar-refractivity contribution in [2.45, 2.75) is 6.92 Å². The van der Waals surface area contributed by atoms with Gasteiger partial charge in [-0.1, -0.05) is 46.3 Å². The van der Waals surface area contributed by atoms with Crippen molar-refractivity contribution in [3.05, 3.63) is 81.6 Å². The van der Waals surface area contributed by atoms with Crippen molar-refractivity contribution in [1.82, 2.24) is 0 Å². The van der Waals surface area contributed by atoms with E-state index in [4.69, 9.17) is 0 Å². The van der Waals surface area contributed by atoms with Gasteiger partial charge < -0.3 is 10.4 Å². The van der Waals surface area contributed by atoms with E-state index in [1.165, 1.54) is 18.2 Å². The fourth-order valence-corrected chi connectivity index (χ4v) is 3.07. The molecule has 0 fully saturated rings. The molecule has 0 aliphatic rings. The van der Waals surface area contributed by atoms with Gasteiger partial charge in [0.2, 0.25) is 0 Å². The molecule has 6 heteroatoms. The fourth-order valence-electron chi connectivity index (χ4n) is 2.69. The molecule has 0 aliphatic carbocycles. The van der Waals surface area contributed by atoms with Gasteiger partial charge in [0, 0.05) is 21.0 Å². The standard InChI is InChI=1S/C21H15BrFNO3/c1-12(20(25)24-18-5-3-2-4-17(18)21(26)27)10-14-7-6-13-11-15(22)8-9-16(13)19(14)23/h2-11H,1H3,(H,24,25)(H,26,27)/b12-10+. The van der Waals surface area contributed by atoms with Crippen LogP contribution in [0.4, 0.5) is 10.1 Å². The third-order valence-electron chi connectivity index (χ3n) is 4.08. The number of anilines is 1. The van der Waals surface area contributed by atoms with Crippen LogP contribution in [0.5, 0.6) is 0 Å².